The van der Waals surface area contributed by atoms with Crippen LogP contribution in [0.3, 0.4) is 0 Å². The Labute approximate surface area is 184 Å². The average molecular weight is 464 g/mol. The van der Waals surface area contributed by atoms with E-state index in [4.69, 9.17) is 23.7 Å². The van der Waals surface area contributed by atoms with Gasteiger partial charge in [0.1, 0.15) is 18.1 Å². The Balaban J connectivity index is 3.14. The molecule has 1 saturated heterocycles. The molecule has 0 radical (unpaired) electrons. The maximum Gasteiger partial charge on any atom is 0.305 e. The standard InChI is InChI=1S/C19H28O11S/c1-10(20)26-9-14-16(27-11(2)21)17(28-12(3)22)18(29-13(4)23)19(30-14)31-8-6-7-15(24)25-5/h14,16-19H,6-9H2,1-5H3. The third kappa shape index (κ3) is 9.55. The molecule has 1 aliphatic heterocycles. The second-order valence-electron chi connectivity index (χ2n) is 6.62. The van der Waals surface area contributed by atoms with Crippen molar-refractivity contribution in [2.75, 3.05) is 19.5 Å². The molecule has 0 aromatic rings. The van der Waals surface area contributed by atoms with Gasteiger partial charge in [-0.1, -0.05) is 0 Å². The summed E-state index contributed by atoms with van der Waals surface area (Å²) in [4.78, 5) is 57.7. The third-order valence-electron chi connectivity index (χ3n) is 3.98. The van der Waals surface area contributed by atoms with Crippen LogP contribution in [-0.2, 0) is 52.4 Å². The predicted octanol–water partition coefficient (Wildman–Crippen LogP) is 0.756. The first-order valence-corrected chi connectivity index (χ1v) is 10.6. The average Bonchev–Trinajstić information content (AvgIpc) is 2.66. The van der Waals surface area contributed by atoms with Crippen molar-refractivity contribution >= 4 is 41.6 Å². The molecule has 0 aliphatic carbocycles. The predicted molar refractivity (Wildman–Crippen MR) is 106 cm³/mol. The molecule has 5 unspecified atom stereocenters. The first-order chi connectivity index (χ1) is 14.5. The van der Waals surface area contributed by atoms with Crippen molar-refractivity contribution in [2.24, 2.45) is 0 Å². The van der Waals surface area contributed by atoms with Crippen molar-refractivity contribution in [3.05, 3.63) is 0 Å². The summed E-state index contributed by atoms with van der Waals surface area (Å²) in [7, 11) is 1.29. The van der Waals surface area contributed by atoms with Crippen molar-refractivity contribution in [3.63, 3.8) is 0 Å². The lowest BCUT2D eigenvalue weighted by Crippen LogP contribution is -2.61. The van der Waals surface area contributed by atoms with E-state index < -0.39 is 53.7 Å². The molecule has 1 heterocycles. The van der Waals surface area contributed by atoms with E-state index in [1.54, 1.807) is 0 Å². The van der Waals surface area contributed by atoms with Crippen LogP contribution < -0.4 is 0 Å². The number of thioether (sulfide) groups is 1. The van der Waals surface area contributed by atoms with Crippen molar-refractivity contribution < 1.29 is 52.4 Å². The van der Waals surface area contributed by atoms with Gasteiger partial charge in [0.15, 0.2) is 18.3 Å². The Morgan fingerprint density at radius 2 is 1.35 bits per heavy atom. The van der Waals surface area contributed by atoms with E-state index >= 15 is 0 Å². The van der Waals surface area contributed by atoms with E-state index in [2.05, 4.69) is 4.74 Å². The van der Waals surface area contributed by atoms with Crippen LogP contribution in [0.1, 0.15) is 40.5 Å². The summed E-state index contributed by atoms with van der Waals surface area (Å²) >= 11 is 1.21. The van der Waals surface area contributed by atoms with Gasteiger partial charge in [0.05, 0.1) is 7.11 Å². The number of hydrogen-bond acceptors (Lipinski definition) is 12. The molecule has 11 nitrogen and oxygen atoms in total. The summed E-state index contributed by atoms with van der Waals surface area (Å²) in [5.74, 6) is -2.58. The van der Waals surface area contributed by atoms with Crippen LogP contribution in [0.4, 0.5) is 0 Å². The van der Waals surface area contributed by atoms with Gasteiger partial charge in [-0.25, -0.2) is 0 Å². The second kappa shape index (κ2) is 13.2. The summed E-state index contributed by atoms with van der Waals surface area (Å²) in [5, 5.41) is 0. The molecule has 176 valence electrons. The molecular weight excluding hydrogens is 436 g/mol. The number of rotatable bonds is 10. The molecule has 1 fully saturated rings. The molecule has 0 aromatic heterocycles. The summed E-state index contributed by atoms with van der Waals surface area (Å²) in [6, 6.07) is 0. The van der Waals surface area contributed by atoms with Gasteiger partial charge in [0, 0.05) is 34.1 Å². The van der Waals surface area contributed by atoms with Crippen LogP contribution >= 0.6 is 11.8 Å². The van der Waals surface area contributed by atoms with Gasteiger partial charge in [-0.05, 0) is 12.2 Å². The van der Waals surface area contributed by atoms with Gasteiger partial charge < -0.3 is 28.4 Å². The molecule has 0 saturated carbocycles. The van der Waals surface area contributed by atoms with Crippen molar-refractivity contribution in [2.45, 2.75) is 70.4 Å². The quantitative estimate of drug-likeness (QED) is 0.256. The van der Waals surface area contributed by atoms with Crippen molar-refractivity contribution in [3.8, 4) is 0 Å². The number of carbonyl (C=O) groups is 5. The zero-order valence-electron chi connectivity index (χ0n) is 18.1. The number of hydrogen-bond donors (Lipinski definition) is 0. The van der Waals surface area contributed by atoms with E-state index in [0.29, 0.717) is 12.2 Å². The van der Waals surface area contributed by atoms with Crippen LogP contribution in [0.5, 0.6) is 0 Å². The molecule has 0 aromatic carbocycles. The Morgan fingerprint density at radius 1 is 0.806 bits per heavy atom. The minimum absolute atomic E-state index is 0.175. The molecule has 12 heteroatoms. The van der Waals surface area contributed by atoms with E-state index in [-0.39, 0.29) is 19.0 Å². The molecular formula is C19H28O11S. The lowest BCUT2D eigenvalue weighted by Gasteiger charge is -2.44. The fraction of sp³-hybridized carbons (Fsp3) is 0.737. The monoisotopic (exact) mass is 464 g/mol. The molecule has 5 atom stereocenters. The van der Waals surface area contributed by atoms with E-state index in [1.807, 2.05) is 0 Å². The zero-order valence-corrected chi connectivity index (χ0v) is 18.9. The van der Waals surface area contributed by atoms with Gasteiger partial charge in [0.25, 0.3) is 0 Å². The largest absolute Gasteiger partial charge is 0.469 e. The Morgan fingerprint density at radius 3 is 1.87 bits per heavy atom. The van der Waals surface area contributed by atoms with E-state index in [1.165, 1.54) is 32.7 Å². The SMILES string of the molecule is COC(=O)CCCSC1OC(COC(C)=O)C(OC(C)=O)C(OC(C)=O)C1OC(C)=O. The van der Waals surface area contributed by atoms with Crippen LogP contribution in [-0.4, -0.2) is 79.2 Å². The summed E-state index contributed by atoms with van der Waals surface area (Å²) in [6.45, 7) is 4.41. The van der Waals surface area contributed by atoms with Gasteiger partial charge >= 0.3 is 29.8 Å². The fourth-order valence-electron chi connectivity index (χ4n) is 2.84. The highest BCUT2D eigenvalue weighted by molar-refractivity contribution is 7.99. The normalized spacial score (nSPS) is 25.1. The first kappa shape index (κ1) is 26.7. The van der Waals surface area contributed by atoms with Crippen LogP contribution in [0.15, 0.2) is 0 Å². The molecule has 1 aliphatic rings. The minimum atomic E-state index is -1.20. The van der Waals surface area contributed by atoms with Crippen molar-refractivity contribution in [1.29, 1.82) is 0 Å². The number of carbonyl (C=O) groups excluding carboxylic acids is 5. The van der Waals surface area contributed by atoms with Gasteiger partial charge in [-0.3, -0.25) is 24.0 Å². The molecule has 0 amide bonds. The smallest absolute Gasteiger partial charge is 0.305 e. The van der Waals surface area contributed by atoms with Gasteiger partial charge in [-0.15, -0.1) is 11.8 Å². The van der Waals surface area contributed by atoms with Crippen LogP contribution in [0.2, 0.25) is 0 Å². The number of esters is 5. The maximum absolute atomic E-state index is 11.7. The first-order valence-electron chi connectivity index (χ1n) is 9.54. The minimum Gasteiger partial charge on any atom is -0.469 e. The zero-order chi connectivity index (χ0) is 23.6. The Bertz CT molecular complexity index is 665. The Kier molecular flexibility index (Phi) is 11.3. The molecule has 0 bridgehead atoms. The van der Waals surface area contributed by atoms with Gasteiger partial charge in [0.2, 0.25) is 0 Å². The van der Waals surface area contributed by atoms with E-state index in [0.717, 1.165) is 13.8 Å². The maximum atomic E-state index is 11.7. The molecule has 31 heavy (non-hydrogen) atoms. The summed E-state index contributed by atoms with van der Waals surface area (Å²) in [6.07, 6.45) is -3.85. The molecule has 1 rings (SSSR count). The lowest BCUT2D eigenvalue weighted by molar-refractivity contribution is -0.237. The third-order valence-corrected chi connectivity index (χ3v) is 5.22. The highest BCUT2D eigenvalue weighted by Crippen LogP contribution is 2.34. The topological polar surface area (TPSA) is 141 Å². The fourth-order valence-corrected chi connectivity index (χ4v) is 4.01. The Hall–Kier alpha value is -2.34. The number of ether oxygens (including phenoxy) is 6. The highest BCUT2D eigenvalue weighted by atomic mass is 32.2. The lowest BCUT2D eigenvalue weighted by atomic mass is 9.99. The second-order valence-corrected chi connectivity index (χ2v) is 7.82. The van der Waals surface area contributed by atoms with E-state index in [9.17, 15) is 24.0 Å². The summed E-state index contributed by atoms with van der Waals surface area (Å²) in [5.41, 5.74) is -0.849. The van der Waals surface area contributed by atoms with Crippen LogP contribution in [0, 0.1) is 0 Å². The summed E-state index contributed by atoms with van der Waals surface area (Å²) < 4.78 is 31.5. The number of methoxy groups -OCH3 is 1. The van der Waals surface area contributed by atoms with Gasteiger partial charge in [-0.2, -0.15) is 0 Å². The van der Waals surface area contributed by atoms with Crippen molar-refractivity contribution in [1.82, 2.24) is 0 Å². The molecule has 0 spiro atoms. The molecule has 0 N–H and O–H groups in total. The van der Waals surface area contributed by atoms with Crippen LogP contribution in [0.25, 0.3) is 0 Å². The highest BCUT2D eigenvalue weighted by Gasteiger charge is 2.52.